The quantitative estimate of drug-likeness (QED) is 0.496. The molecule has 0 amide bonds. The third kappa shape index (κ3) is 7.26. The molecule has 2 saturated heterocycles. The highest BCUT2D eigenvalue weighted by molar-refractivity contribution is 5.79. The number of nitrogens with zero attached hydrogens (tertiary/aromatic N) is 3. The average Bonchev–Trinajstić information content (AvgIpc) is 2.78. The van der Waals surface area contributed by atoms with Gasteiger partial charge in [-0.2, -0.15) is 13.2 Å². The van der Waals surface area contributed by atoms with E-state index in [1.54, 1.807) is 6.07 Å². The zero-order chi connectivity index (χ0) is 22.1. The molecule has 1 aromatic rings. The van der Waals surface area contributed by atoms with Crippen molar-refractivity contribution in [2.75, 3.05) is 77.1 Å². The molecule has 0 radical (unpaired) electrons. The highest BCUT2D eigenvalue weighted by Gasteiger charge is 2.34. The van der Waals surface area contributed by atoms with Crippen LogP contribution >= 0.6 is 0 Å². The summed E-state index contributed by atoms with van der Waals surface area (Å²) in [4.78, 5) is 8.60. The monoisotopic (exact) mass is 443 g/mol. The first-order valence-electron chi connectivity index (χ1n) is 10.8. The number of benzene rings is 1. The van der Waals surface area contributed by atoms with Gasteiger partial charge >= 0.3 is 6.18 Å². The van der Waals surface area contributed by atoms with Crippen LogP contribution in [0.5, 0.6) is 0 Å². The lowest BCUT2D eigenvalue weighted by molar-refractivity contribution is -0.138. The number of hydrogen-bond donors (Lipinski definition) is 2. The van der Waals surface area contributed by atoms with Crippen molar-refractivity contribution in [1.82, 2.24) is 15.5 Å². The lowest BCUT2D eigenvalue weighted by atomic mass is 10.1. The summed E-state index contributed by atoms with van der Waals surface area (Å²) in [6, 6.07) is 4.51. The topological polar surface area (TPSA) is 61.4 Å². The van der Waals surface area contributed by atoms with E-state index >= 15 is 0 Å². The van der Waals surface area contributed by atoms with Gasteiger partial charge < -0.3 is 25.0 Å². The molecule has 174 valence electrons. The minimum absolute atomic E-state index is 0.0505. The molecule has 0 spiro atoms. The van der Waals surface area contributed by atoms with Crippen molar-refractivity contribution in [3.63, 3.8) is 0 Å². The van der Waals surface area contributed by atoms with E-state index in [4.69, 9.17) is 9.47 Å². The number of ether oxygens (including phenoxy) is 2. The van der Waals surface area contributed by atoms with Gasteiger partial charge in [-0.3, -0.25) is 4.90 Å². The largest absolute Gasteiger partial charge is 0.416 e. The van der Waals surface area contributed by atoms with E-state index < -0.39 is 11.7 Å². The van der Waals surface area contributed by atoms with Gasteiger partial charge in [0.2, 0.25) is 0 Å². The Hall–Kier alpha value is -2.04. The second kappa shape index (κ2) is 11.5. The number of morpholine rings is 2. The molecule has 0 unspecified atom stereocenters. The number of aliphatic imine (C=N–C) groups is 1. The molecule has 10 heteroatoms. The smallest absolute Gasteiger partial charge is 0.379 e. The summed E-state index contributed by atoms with van der Waals surface area (Å²) in [5.41, 5.74) is 0.0956. The van der Waals surface area contributed by atoms with Crippen LogP contribution < -0.4 is 15.5 Å². The van der Waals surface area contributed by atoms with Crippen molar-refractivity contribution < 1.29 is 22.6 Å². The van der Waals surface area contributed by atoms with Gasteiger partial charge in [0.15, 0.2) is 5.96 Å². The first-order chi connectivity index (χ1) is 15.0. The van der Waals surface area contributed by atoms with Crippen LogP contribution in [0.1, 0.15) is 18.1 Å². The molecule has 0 bridgehead atoms. The van der Waals surface area contributed by atoms with Gasteiger partial charge in [0.05, 0.1) is 38.5 Å². The highest BCUT2D eigenvalue weighted by atomic mass is 19.4. The van der Waals surface area contributed by atoms with Crippen molar-refractivity contribution in [2.45, 2.75) is 19.6 Å². The molecule has 2 fully saturated rings. The number of alkyl halides is 3. The van der Waals surface area contributed by atoms with Crippen molar-refractivity contribution in [2.24, 2.45) is 4.99 Å². The molecule has 2 aliphatic rings. The Balaban J connectivity index is 1.66. The Bertz CT molecular complexity index is 717. The van der Waals surface area contributed by atoms with E-state index in [0.29, 0.717) is 51.0 Å². The summed E-state index contributed by atoms with van der Waals surface area (Å²) in [7, 11) is 0. The van der Waals surface area contributed by atoms with Crippen LogP contribution in [0.15, 0.2) is 23.2 Å². The number of anilines is 1. The lowest BCUT2D eigenvalue weighted by Crippen LogP contribution is -2.44. The first kappa shape index (κ1) is 23.6. The van der Waals surface area contributed by atoms with Crippen LogP contribution in [0.3, 0.4) is 0 Å². The molecule has 0 saturated carbocycles. The SMILES string of the molecule is CCNC(=NCc1ccc(N2CCOCC2)cc1C(F)(F)F)NCCN1CCOCC1. The fourth-order valence-corrected chi connectivity index (χ4v) is 3.65. The number of rotatable bonds is 7. The van der Waals surface area contributed by atoms with Crippen LogP contribution in [0.4, 0.5) is 18.9 Å². The van der Waals surface area contributed by atoms with E-state index in [1.807, 2.05) is 11.8 Å². The lowest BCUT2D eigenvalue weighted by Gasteiger charge is -2.29. The van der Waals surface area contributed by atoms with E-state index in [2.05, 4.69) is 20.5 Å². The molecule has 31 heavy (non-hydrogen) atoms. The molecule has 0 aliphatic carbocycles. The van der Waals surface area contributed by atoms with Gasteiger partial charge in [0.1, 0.15) is 0 Å². The minimum atomic E-state index is -4.44. The Kier molecular flexibility index (Phi) is 8.79. The molecule has 2 heterocycles. The van der Waals surface area contributed by atoms with Crippen LogP contribution in [-0.2, 0) is 22.2 Å². The average molecular weight is 444 g/mol. The fourth-order valence-electron chi connectivity index (χ4n) is 3.65. The Morgan fingerprint density at radius 3 is 2.35 bits per heavy atom. The Labute approximate surface area is 181 Å². The van der Waals surface area contributed by atoms with Crippen molar-refractivity contribution in [3.05, 3.63) is 29.3 Å². The maximum absolute atomic E-state index is 13.7. The van der Waals surface area contributed by atoms with Crippen LogP contribution in [0, 0.1) is 0 Å². The van der Waals surface area contributed by atoms with Crippen LogP contribution in [0.25, 0.3) is 0 Å². The Morgan fingerprint density at radius 2 is 1.71 bits per heavy atom. The number of guanidine groups is 1. The van der Waals surface area contributed by atoms with E-state index in [0.717, 1.165) is 32.8 Å². The van der Waals surface area contributed by atoms with Gasteiger partial charge in [-0.05, 0) is 24.6 Å². The van der Waals surface area contributed by atoms with Crippen molar-refractivity contribution >= 4 is 11.6 Å². The third-order valence-corrected chi connectivity index (χ3v) is 5.35. The number of hydrogen-bond acceptors (Lipinski definition) is 5. The van der Waals surface area contributed by atoms with Gasteiger partial charge in [0, 0.05) is 51.5 Å². The summed E-state index contributed by atoms with van der Waals surface area (Å²) < 4.78 is 51.8. The Morgan fingerprint density at radius 1 is 1.03 bits per heavy atom. The summed E-state index contributed by atoms with van der Waals surface area (Å²) >= 11 is 0. The highest BCUT2D eigenvalue weighted by Crippen LogP contribution is 2.35. The number of nitrogens with one attached hydrogen (secondary N) is 2. The summed E-state index contributed by atoms with van der Waals surface area (Å²) in [6.45, 7) is 9.46. The summed E-state index contributed by atoms with van der Waals surface area (Å²) in [5.74, 6) is 0.515. The van der Waals surface area contributed by atoms with Gasteiger partial charge in [0.25, 0.3) is 0 Å². The molecular weight excluding hydrogens is 411 g/mol. The van der Waals surface area contributed by atoms with Gasteiger partial charge in [-0.15, -0.1) is 0 Å². The van der Waals surface area contributed by atoms with Crippen molar-refractivity contribution in [3.8, 4) is 0 Å². The van der Waals surface area contributed by atoms with Gasteiger partial charge in [-0.1, -0.05) is 6.07 Å². The fraction of sp³-hybridized carbons (Fsp3) is 0.667. The summed E-state index contributed by atoms with van der Waals surface area (Å²) in [5, 5.41) is 6.32. The predicted octanol–water partition coefficient (Wildman–Crippen LogP) is 1.93. The molecule has 7 nitrogen and oxygen atoms in total. The first-order valence-corrected chi connectivity index (χ1v) is 10.8. The minimum Gasteiger partial charge on any atom is -0.379 e. The maximum Gasteiger partial charge on any atom is 0.416 e. The van der Waals surface area contributed by atoms with Crippen LogP contribution in [-0.4, -0.2) is 83.1 Å². The standard InChI is InChI=1S/C21H32F3N5O2/c1-2-25-20(26-5-6-28-7-11-30-12-8-28)27-16-17-3-4-18(15-19(17)21(22,23)24)29-9-13-31-14-10-29/h3-4,15H,2,5-14,16H2,1H3,(H2,25,26,27). The zero-order valence-electron chi connectivity index (χ0n) is 18.0. The molecule has 0 aromatic heterocycles. The number of halogens is 3. The molecular formula is C21H32F3N5O2. The summed E-state index contributed by atoms with van der Waals surface area (Å²) in [6.07, 6.45) is -4.44. The molecule has 2 aliphatic heterocycles. The predicted molar refractivity (Wildman–Crippen MR) is 115 cm³/mol. The molecule has 2 N–H and O–H groups in total. The maximum atomic E-state index is 13.7. The van der Waals surface area contributed by atoms with Crippen molar-refractivity contribution in [1.29, 1.82) is 0 Å². The second-order valence-corrected chi connectivity index (χ2v) is 7.51. The van der Waals surface area contributed by atoms with E-state index in [1.165, 1.54) is 12.1 Å². The molecule has 0 atom stereocenters. The molecule has 3 rings (SSSR count). The van der Waals surface area contributed by atoms with Gasteiger partial charge in [-0.25, -0.2) is 4.99 Å². The van der Waals surface area contributed by atoms with Crippen LogP contribution in [0.2, 0.25) is 0 Å². The molecule has 1 aromatic carbocycles. The van der Waals surface area contributed by atoms with E-state index in [9.17, 15) is 13.2 Å². The van der Waals surface area contributed by atoms with E-state index in [-0.39, 0.29) is 12.1 Å². The zero-order valence-corrected chi connectivity index (χ0v) is 18.0. The second-order valence-electron chi connectivity index (χ2n) is 7.51. The third-order valence-electron chi connectivity index (χ3n) is 5.35. The normalized spacial score (nSPS) is 18.8.